The molecule has 1 heterocycles. The van der Waals surface area contributed by atoms with Crippen LogP contribution in [0.2, 0.25) is 0 Å². The van der Waals surface area contributed by atoms with Gasteiger partial charge in [0.05, 0.1) is 10.6 Å². The molecule has 1 aliphatic carbocycles. The lowest BCUT2D eigenvalue weighted by atomic mass is 10.3. The average molecular weight is 279 g/mol. The molecule has 2 atom stereocenters. The molecule has 0 spiro atoms. The second kappa shape index (κ2) is 4.78. The van der Waals surface area contributed by atoms with Gasteiger partial charge in [0.1, 0.15) is 6.04 Å². The predicted octanol–water partition coefficient (Wildman–Crippen LogP) is 1.11. The summed E-state index contributed by atoms with van der Waals surface area (Å²) in [4.78, 5) is 11.1. The molecular formula is C10H17NO4S2. The summed E-state index contributed by atoms with van der Waals surface area (Å²) in [7, 11) is -3.45. The van der Waals surface area contributed by atoms with E-state index < -0.39 is 22.0 Å². The minimum atomic E-state index is -3.45. The highest BCUT2D eigenvalue weighted by Gasteiger charge is 2.47. The molecule has 5 nitrogen and oxygen atoms in total. The summed E-state index contributed by atoms with van der Waals surface area (Å²) in [6.07, 6.45) is 3.19. The van der Waals surface area contributed by atoms with E-state index in [-0.39, 0.29) is 10.6 Å². The van der Waals surface area contributed by atoms with E-state index in [0.717, 1.165) is 12.8 Å². The summed E-state index contributed by atoms with van der Waals surface area (Å²) in [6, 6.07) is -0.888. The quantitative estimate of drug-likeness (QED) is 0.837. The molecule has 1 N–H and O–H groups in total. The van der Waals surface area contributed by atoms with E-state index in [9.17, 15) is 13.2 Å². The van der Waals surface area contributed by atoms with Crippen LogP contribution in [0.15, 0.2) is 0 Å². The second-order valence-corrected chi connectivity index (χ2v) is 8.04. The van der Waals surface area contributed by atoms with Crippen LogP contribution in [0.1, 0.15) is 32.6 Å². The van der Waals surface area contributed by atoms with Crippen LogP contribution < -0.4 is 0 Å². The fourth-order valence-electron chi connectivity index (χ4n) is 2.55. The predicted molar refractivity (Wildman–Crippen MR) is 66.4 cm³/mol. The Morgan fingerprint density at radius 1 is 1.35 bits per heavy atom. The van der Waals surface area contributed by atoms with E-state index in [2.05, 4.69) is 0 Å². The first kappa shape index (κ1) is 13.2. The molecule has 0 amide bonds. The normalized spacial score (nSPS) is 32.1. The molecule has 0 aromatic rings. The van der Waals surface area contributed by atoms with Crippen LogP contribution in [0.4, 0.5) is 0 Å². The Labute approximate surface area is 106 Å². The van der Waals surface area contributed by atoms with Crippen molar-refractivity contribution in [3.05, 3.63) is 0 Å². The van der Waals surface area contributed by atoms with E-state index in [1.807, 2.05) is 0 Å². The summed E-state index contributed by atoms with van der Waals surface area (Å²) >= 11 is 1.39. The number of nitrogens with zero attached hydrogens (tertiary/aromatic N) is 1. The number of hydrogen-bond donors (Lipinski definition) is 1. The Bertz CT molecular complexity index is 403. The maximum atomic E-state index is 12.4. The number of carbonyl (C=O) groups is 1. The molecule has 2 unspecified atom stereocenters. The monoisotopic (exact) mass is 279 g/mol. The zero-order valence-electron chi connectivity index (χ0n) is 9.70. The van der Waals surface area contributed by atoms with Crippen molar-refractivity contribution < 1.29 is 18.3 Å². The zero-order chi connectivity index (χ0) is 12.6. The van der Waals surface area contributed by atoms with Crippen molar-refractivity contribution in [3.63, 3.8) is 0 Å². The van der Waals surface area contributed by atoms with Gasteiger partial charge in [-0.25, -0.2) is 8.42 Å². The molecule has 1 saturated heterocycles. The first-order valence-corrected chi connectivity index (χ1v) is 8.36. The minimum Gasteiger partial charge on any atom is -0.480 e. The van der Waals surface area contributed by atoms with Crippen molar-refractivity contribution in [1.29, 1.82) is 0 Å². The maximum absolute atomic E-state index is 12.4. The van der Waals surface area contributed by atoms with Gasteiger partial charge in [-0.3, -0.25) is 4.79 Å². The number of carboxylic acids is 1. The summed E-state index contributed by atoms with van der Waals surface area (Å²) < 4.78 is 26.0. The van der Waals surface area contributed by atoms with Crippen LogP contribution in [-0.4, -0.2) is 46.2 Å². The summed E-state index contributed by atoms with van der Waals surface area (Å²) in [5.74, 6) is -0.689. The SMILES string of the molecule is CC1SCC(C(=O)O)N1S(=O)(=O)C1CCCC1. The molecule has 2 fully saturated rings. The first-order valence-electron chi connectivity index (χ1n) is 5.81. The van der Waals surface area contributed by atoms with E-state index >= 15 is 0 Å². The van der Waals surface area contributed by atoms with Gasteiger partial charge in [0, 0.05) is 5.75 Å². The molecule has 7 heteroatoms. The average Bonchev–Trinajstić information content (AvgIpc) is 2.84. The van der Waals surface area contributed by atoms with Crippen molar-refractivity contribution in [1.82, 2.24) is 4.31 Å². The van der Waals surface area contributed by atoms with Crippen LogP contribution in [-0.2, 0) is 14.8 Å². The molecule has 2 rings (SSSR count). The maximum Gasteiger partial charge on any atom is 0.322 e. The Hall–Kier alpha value is -0.270. The number of aliphatic carboxylic acids is 1. The van der Waals surface area contributed by atoms with Gasteiger partial charge >= 0.3 is 5.97 Å². The largest absolute Gasteiger partial charge is 0.480 e. The van der Waals surface area contributed by atoms with Crippen LogP contribution in [0.3, 0.4) is 0 Å². The number of sulfonamides is 1. The van der Waals surface area contributed by atoms with E-state index in [0.29, 0.717) is 18.6 Å². The molecule has 1 aliphatic heterocycles. The Morgan fingerprint density at radius 2 is 1.94 bits per heavy atom. The summed E-state index contributed by atoms with van der Waals surface area (Å²) in [6.45, 7) is 1.76. The molecule has 1 saturated carbocycles. The molecule has 2 aliphatic rings. The lowest BCUT2D eigenvalue weighted by Gasteiger charge is -2.27. The Kier molecular flexibility index (Phi) is 3.70. The first-order chi connectivity index (χ1) is 7.94. The van der Waals surface area contributed by atoms with Gasteiger partial charge < -0.3 is 5.11 Å². The number of thioether (sulfide) groups is 1. The van der Waals surface area contributed by atoms with Crippen molar-refractivity contribution in [3.8, 4) is 0 Å². The highest BCUT2D eigenvalue weighted by Crippen LogP contribution is 2.36. The van der Waals surface area contributed by atoms with Gasteiger partial charge in [-0.2, -0.15) is 4.31 Å². The van der Waals surface area contributed by atoms with Gasteiger partial charge in [-0.15, -0.1) is 11.8 Å². The topological polar surface area (TPSA) is 74.7 Å². The van der Waals surface area contributed by atoms with Crippen molar-refractivity contribution in [2.75, 3.05) is 5.75 Å². The van der Waals surface area contributed by atoms with E-state index in [4.69, 9.17) is 5.11 Å². The van der Waals surface area contributed by atoms with Crippen LogP contribution in [0.5, 0.6) is 0 Å². The van der Waals surface area contributed by atoms with E-state index in [1.165, 1.54) is 16.1 Å². The standard InChI is InChI=1S/C10H17NO4S2/c1-7-11(9(6-16-7)10(12)13)17(14,15)8-4-2-3-5-8/h7-9H,2-6H2,1H3,(H,12,13). The van der Waals surface area contributed by atoms with Crippen molar-refractivity contribution in [2.24, 2.45) is 0 Å². The molecule has 0 aromatic carbocycles. The molecule has 0 aromatic heterocycles. The fraction of sp³-hybridized carbons (Fsp3) is 0.900. The van der Waals surface area contributed by atoms with Crippen molar-refractivity contribution in [2.45, 2.75) is 49.3 Å². The van der Waals surface area contributed by atoms with Crippen molar-refractivity contribution >= 4 is 27.8 Å². The van der Waals surface area contributed by atoms with Gasteiger partial charge in [0.15, 0.2) is 0 Å². The Morgan fingerprint density at radius 3 is 2.47 bits per heavy atom. The van der Waals surface area contributed by atoms with Crippen LogP contribution in [0.25, 0.3) is 0 Å². The van der Waals surface area contributed by atoms with Gasteiger partial charge in [-0.05, 0) is 19.8 Å². The highest BCUT2D eigenvalue weighted by molar-refractivity contribution is 8.01. The zero-order valence-corrected chi connectivity index (χ0v) is 11.3. The summed E-state index contributed by atoms with van der Waals surface area (Å²) in [5, 5.41) is 8.46. The van der Waals surface area contributed by atoms with Gasteiger partial charge in [0.25, 0.3) is 0 Å². The Balaban J connectivity index is 2.26. The molecule has 98 valence electrons. The summed E-state index contributed by atoms with van der Waals surface area (Å²) in [5.41, 5.74) is 0. The third-order valence-corrected chi connectivity index (χ3v) is 7.29. The molecule has 0 radical (unpaired) electrons. The number of carboxylic acid groups (broad SMARTS) is 1. The number of hydrogen-bond acceptors (Lipinski definition) is 4. The number of rotatable bonds is 3. The molecule has 17 heavy (non-hydrogen) atoms. The highest BCUT2D eigenvalue weighted by atomic mass is 32.2. The van der Waals surface area contributed by atoms with Crippen LogP contribution >= 0.6 is 11.8 Å². The molecule has 0 bridgehead atoms. The lowest BCUT2D eigenvalue weighted by Crippen LogP contribution is -2.48. The van der Waals surface area contributed by atoms with Crippen LogP contribution in [0, 0.1) is 0 Å². The lowest BCUT2D eigenvalue weighted by molar-refractivity contribution is -0.140. The van der Waals surface area contributed by atoms with E-state index in [1.54, 1.807) is 6.92 Å². The third-order valence-electron chi connectivity index (χ3n) is 3.46. The fourth-order valence-corrected chi connectivity index (χ4v) is 6.45. The second-order valence-electron chi connectivity index (χ2n) is 4.57. The van der Waals surface area contributed by atoms with Gasteiger partial charge in [0.2, 0.25) is 10.0 Å². The smallest absolute Gasteiger partial charge is 0.322 e. The third kappa shape index (κ3) is 2.32. The molecular weight excluding hydrogens is 262 g/mol. The van der Waals surface area contributed by atoms with Gasteiger partial charge in [-0.1, -0.05) is 12.8 Å². The minimum absolute atomic E-state index is 0.262.